The zero-order valence-corrected chi connectivity index (χ0v) is 15.0. The van der Waals surface area contributed by atoms with Crippen LogP contribution >= 0.6 is 0 Å². The molecular formula is C19H28FN3O2. The Kier molecular flexibility index (Phi) is 7.85. The Labute approximate surface area is 149 Å². The van der Waals surface area contributed by atoms with Crippen LogP contribution in [0.3, 0.4) is 0 Å². The van der Waals surface area contributed by atoms with Crippen LogP contribution in [0.25, 0.3) is 0 Å². The number of halogens is 1. The number of likely N-dealkylation sites (N-methyl/N-ethyl adjacent to an activating group) is 1. The van der Waals surface area contributed by atoms with Crippen LogP contribution in [0.4, 0.5) is 4.39 Å². The Bertz CT molecular complexity index is 572. The Hall–Kier alpha value is -1.95. The number of carbonyl (C=O) groups is 2. The second-order valence-electron chi connectivity index (χ2n) is 6.56. The summed E-state index contributed by atoms with van der Waals surface area (Å²) in [5.74, 6) is -1.05. The maximum absolute atomic E-state index is 13.5. The second kappa shape index (κ2) is 10.1. The molecule has 0 aromatic heterocycles. The molecular weight excluding hydrogens is 321 g/mol. The Morgan fingerprint density at radius 2 is 1.84 bits per heavy atom. The van der Waals surface area contributed by atoms with Gasteiger partial charge in [0.1, 0.15) is 5.82 Å². The first-order valence-corrected chi connectivity index (χ1v) is 9.07. The molecule has 5 nitrogen and oxygen atoms in total. The van der Waals surface area contributed by atoms with Gasteiger partial charge in [-0.2, -0.15) is 0 Å². The lowest BCUT2D eigenvalue weighted by molar-refractivity contribution is -0.129. The number of benzene rings is 1. The van der Waals surface area contributed by atoms with E-state index in [4.69, 9.17) is 0 Å². The smallest absolute Gasteiger partial charge is 0.254 e. The zero-order valence-electron chi connectivity index (χ0n) is 15.0. The van der Waals surface area contributed by atoms with E-state index in [1.54, 1.807) is 18.0 Å². The van der Waals surface area contributed by atoms with Crippen LogP contribution in [-0.4, -0.2) is 61.4 Å². The molecule has 1 N–H and O–H groups in total. The fraction of sp³-hybridized carbons (Fsp3) is 0.579. The normalized spacial score (nSPS) is 15.4. The van der Waals surface area contributed by atoms with Gasteiger partial charge in [0.05, 0.1) is 5.56 Å². The number of rotatable bonds is 7. The summed E-state index contributed by atoms with van der Waals surface area (Å²) in [5.41, 5.74) is 0.00414. The van der Waals surface area contributed by atoms with Gasteiger partial charge >= 0.3 is 0 Å². The predicted octanol–water partition coefficient (Wildman–Crippen LogP) is 2.28. The van der Waals surface area contributed by atoms with E-state index in [2.05, 4.69) is 10.2 Å². The lowest BCUT2D eigenvalue weighted by Crippen LogP contribution is -2.38. The van der Waals surface area contributed by atoms with Crippen molar-refractivity contribution in [2.24, 2.45) is 0 Å². The number of carbonyl (C=O) groups excluding carboxylic acids is 2. The average molecular weight is 349 g/mol. The van der Waals surface area contributed by atoms with Gasteiger partial charge in [-0.3, -0.25) is 9.59 Å². The molecule has 1 aliphatic rings. The van der Waals surface area contributed by atoms with Crippen LogP contribution < -0.4 is 5.32 Å². The van der Waals surface area contributed by atoms with Gasteiger partial charge in [0, 0.05) is 33.1 Å². The van der Waals surface area contributed by atoms with E-state index in [1.165, 1.54) is 43.9 Å². The average Bonchev–Trinajstić information content (AvgIpc) is 2.88. The van der Waals surface area contributed by atoms with Crippen LogP contribution in [0.2, 0.25) is 0 Å². The summed E-state index contributed by atoms with van der Waals surface area (Å²) in [6.45, 7) is 4.02. The SMILES string of the molecule is CN(CCN1CCCCCC1)C(=O)CCNC(=O)c1ccccc1F. The van der Waals surface area contributed by atoms with Gasteiger partial charge < -0.3 is 15.1 Å². The molecule has 0 bridgehead atoms. The minimum absolute atomic E-state index is 0.00414. The van der Waals surface area contributed by atoms with Crippen molar-refractivity contribution in [1.29, 1.82) is 0 Å². The van der Waals surface area contributed by atoms with Crippen LogP contribution in [0.5, 0.6) is 0 Å². The molecule has 0 saturated carbocycles. The molecule has 1 heterocycles. The molecule has 0 radical (unpaired) electrons. The van der Waals surface area contributed by atoms with Gasteiger partial charge in [-0.25, -0.2) is 4.39 Å². The fourth-order valence-electron chi connectivity index (χ4n) is 2.99. The third-order valence-corrected chi connectivity index (χ3v) is 4.62. The van der Waals surface area contributed by atoms with Crippen molar-refractivity contribution in [2.45, 2.75) is 32.1 Å². The first-order valence-electron chi connectivity index (χ1n) is 9.07. The molecule has 2 amide bonds. The number of likely N-dealkylation sites (tertiary alicyclic amines) is 1. The maximum atomic E-state index is 13.5. The third-order valence-electron chi connectivity index (χ3n) is 4.62. The topological polar surface area (TPSA) is 52.6 Å². The lowest BCUT2D eigenvalue weighted by atomic mass is 10.2. The zero-order chi connectivity index (χ0) is 18.1. The number of hydrogen-bond acceptors (Lipinski definition) is 3. The number of hydrogen-bond donors (Lipinski definition) is 1. The predicted molar refractivity (Wildman–Crippen MR) is 95.9 cm³/mol. The van der Waals surface area contributed by atoms with Crippen LogP contribution in [0, 0.1) is 5.82 Å². The van der Waals surface area contributed by atoms with E-state index in [0.29, 0.717) is 6.54 Å². The van der Waals surface area contributed by atoms with E-state index < -0.39 is 11.7 Å². The lowest BCUT2D eigenvalue weighted by Gasteiger charge is -2.24. The Morgan fingerprint density at radius 1 is 1.16 bits per heavy atom. The number of nitrogens with one attached hydrogen (secondary N) is 1. The van der Waals surface area contributed by atoms with Gasteiger partial charge in [0.25, 0.3) is 5.91 Å². The maximum Gasteiger partial charge on any atom is 0.254 e. The van der Waals surface area contributed by atoms with Crippen molar-refractivity contribution in [3.8, 4) is 0 Å². The highest BCUT2D eigenvalue weighted by atomic mass is 19.1. The molecule has 0 aliphatic carbocycles. The molecule has 2 rings (SSSR count). The van der Waals surface area contributed by atoms with Gasteiger partial charge in [-0.05, 0) is 38.1 Å². The first kappa shape index (κ1) is 19.4. The molecule has 1 aliphatic heterocycles. The molecule has 1 fully saturated rings. The number of amides is 2. The van der Waals surface area contributed by atoms with Gasteiger partial charge in [0.15, 0.2) is 0 Å². The largest absolute Gasteiger partial charge is 0.351 e. The highest BCUT2D eigenvalue weighted by molar-refractivity contribution is 5.94. The van der Waals surface area contributed by atoms with Crippen molar-refractivity contribution in [1.82, 2.24) is 15.1 Å². The monoisotopic (exact) mass is 349 g/mol. The molecule has 6 heteroatoms. The van der Waals surface area contributed by atoms with Crippen LogP contribution in [0.15, 0.2) is 24.3 Å². The van der Waals surface area contributed by atoms with E-state index >= 15 is 0 Å². The first-order chi connectivity index (χ1) is 12.1. The van der Waals surface area contributed by atoms with E-state index in [0.717, 1.165) is 19.6 Å². The van der Waals surface area contributed by atoms with Crippen LogP contribution in [-0.2, 0) is 4.79 Å². The molecule has 25 heavy (non-hydrogen) atoms. The van der Waals surface area contributed by atoms with Gasteiger partial charge in [0.2, 0.25) is 5.91 Å². The summed E-state index contributed by atoms with van der Waals surface area (Å²) in [6, 6.07) is 5.82. The minimum Gasteiger partial charge on any atom is -0.351 e. The summed E-state index contributed by atoms with van der Waals surface area (Å²) in [6.07, 6.45) is 5.29. The molecule has 0 spiro atoms. The summed E-state index contributed by atoms with van der Waals surface area (Å²) in [7, 11) is 1.79. The molecule has 138 valence electrons. The van der Waals surface area contributed by atoms with Crippen molar-refractivity contribution < 1.29 is 14.0 Å². The molecule has 1 aromatic rings. The van der Waals surface area contributed by atoms with E-state index in [9.17, 15) is 14.0 Å². The molecule has 0 unspecified atom stereocenters. The summed E-state index contributed by atoms with van der Waals surface area (Å²) >= 11 is 0. The van der Waals surface area contributed by atoms with E-state index in [1.807, 2.05) is 0 Å². The van der Waals surface area contributed by atoms with Gasteiger partial charge in [-0.15, -0.1) is 0 Å². The fourth-order valence-corrected chi connectivity index (χ4v) is 2.99. The standard InChI is InChI=1S/C19H28FN3O2/c1-22(14-15-23-12-6-2-3-7-13-23)18(24)10-11-21-19(25)16-8-4-5-9-17(16)20/h4-5,8-9H,2-3,6-7,10-15H2,1H3,(H,21,25). The van der Waals surface area contributed by atoms with Crippen molar-refractivity contribution in [3.05, 3.63) is 35.6 Å². The molecule has 1 aromatic carbocycles. The van der Waals surface area contributed by atoms with Gasteiger partial charge in [-0.1, -0.05) is 25.0 Å². The Balaban J connectivity index is 1.67. The highest BCUT2D eigenvalue weighted by Crippen LogP contribution is 2.09. The quantitative estimate of drug-likeness (QED) is 0.822. The van der Waals surface area contributed by atoms with Crippen LogP contribution in [0.1, 0.15) is 42.5 Å². The molecule has 0 atom stereocenters. The minimum atomic E-state index is -0.555. The highest BCUT2D eigenvalue weighted by Gasteiger charge is 2.14. The van der Waals surface area contributed by atoms with Crippen molar-refractivity contribution in [3.63, 3.8) is 0 Å². The number of nitrogens with zero attached hydrogens (tertiary/aromatic N) is 2. The second-order valence-corrected chi connectivity index (χ2v) is 6.56. The summed E-state index contributed by atoms with van der Waals surface area (Å²) in [5, 5.41) is 2.60. The summed E-state index contributed by atoms with van der Waals surface area (Å²) in [4.78, 5) is 28.2. The third kappa shape index (κ3) is 6.46. The van der Waals surface area contributed by atoms with E-state index in [-0.39, 0.29) is 24.4 Å². The van der Waals surface area contributed by atoms with Crippen molar-refractivity contribution in [2.75, 3.05) is 39.8 Å². The molecule has 1 saturated heterocycles. The van der Waals surface area contributed by atoms with Crippen molar-refractivity contribution >= 4 is 11.8 Å². The Morgan fingerprint density at radius 3 is 2.52 bits per heavy atom. The summed E-state index contributed by atoms with van der Waals surface area (Å²) < 4.78 is 13.5.